The molecule has 1 atom stereocenters. The van der Waals surface area contributed by atoms with Crippen molar-refractivity contribution in [3.8, 4) is 0 Å². The maximum Gasteiger partial charge on any atom is 0.0417 e. The Hall–Kier alpha value is -0.340. The molecule has 1 aromatic heterocycles. The van der Waals surface area contributed by atoms with E-state index >= 15 is 0 Å². The maximum atomic E-state index is 3.65. The van der Waals surface area contributed by atoms with E-state index in [9.17, 15) is 0 Å². The molecule has 0 radical (unpaired) electrons. The minimum atomic E-state index is 0.612. The highest BCUT2D eigenvalue weighted by atomic mass is 32.1. The lowest BCUT2D eigenvalue weighted by Gasteiger charge is -2.18. The molecule has 2 rings (SSSR count). The van der Waals surface area contributed by atoms with Crippen LogP contribution in [0.1, 0.15) is 56.0 Å². The van der Waals surface area contributed by atoms with Crippen LogP contribution in [0.4, 0.5) is 0 Å². The summed E-state index contributed by atoms with van der Waals surface area (Å²) in [6.45, 7) is 5.55. The molecule has 1 saturated carbocycles. The fourth-order valence-corrected chi connectivity index (χ4v) is 3.43. The Labute approximate surface area is 103 Å². The Kier molecular flexibility index (Phi) is 4.42. The highest BCUT2D eigenvalue weighted by Crippen LogP contribution is 2.37. The van der Waals surface area contributed by atoms with E-state index in [1.807, 2.05) is 11.3 Å². The van der Waals surface area contributed by atoms with Crippen LogP contribution >= 0.6 is 11.3 Å². The van der Waals surface area contributed by atoms with Gasteiger partial charge in [-0.25, -0.2) is 0 Å². The van der Waals surface area contributed by atoms with Gasteiger partial charge >= 0.3 is 0 Å². The Bertz CT molecular complexity index is 314. The van der Waals surface area contributed by atoms with Crippen LogP contribution in [0.25, 0.3) is 0 Å². The molecule has 0 spiro atoms. The van der Waals surface area contributed by atoms with E-state index in [0.29, 0.717) is 6.04 Å². The van der Waals surface area contributed by atoms with Gasteiger partial charge in [-0.2, -0.15) is 0 Å². The minimum absolute atomic E-state index is 0.612. The molecule has 1 aromatic rings. The number of rotatable bonds is 7. The van der Waals surface area contributed by atoms with Gasteiger partial charge in [0.05, 0.1) is 0 Å². The smallest absolute Gasteiger partial charge is 0.0417 e. The topological polar surface area (TPSA) is 12.0 Å². The first-order valence-electron chi connectivity index (χ1n) is 6.64. The minimum Gasteiger partial charge on any atom is -0.310 e. The number of nitrogens with one attached hydrogen (secondary N) is 1. The summed E-state index contributed by atoms with van der Waals surface area (Å²) in [7, 11) is 0. The van der Waals surface area contributed by atoms with Crippen LogP contribution in [0, 0.1) is 5.92 Å². The molecule has 1 aliphatic carbocycles. The molecule has 1 fully saturated rings. The van der Waals surface area contributed by atoms with E-state index in [2.05, 4.69) is 30.6 Å². The molecule has 0 saturated heterocycles. The van der Waals surface area contributed by atoms with Gasteiger partial charge in [0.15, 0.2) is 0 Å². The van der Waals surface area contributed by atoms with Gasteiger partial charge in [0.25, 0.3) is 0 Å². The zero-order valence-electron chi connectivity index (χ0n) is 10.5. The Balaban J connectivity index is 1.98. The average Bonchev–Trinajstić information content (AvgIpc) is 3.00. The lowest BCUT2D eigenvalue weighted by molar-refractivity contribution is 0.485. The summed E-state index contributed by atoms with van der Waals surface area (Å²) in [5.74, 6) is 1.05. The number of aryl methyl sites for hydroxylation is 1. The zero-order chi connectivity index (χ0) is 11.4. The number of thiophene rings is 1. The first-order chi connectivity index (χ1) is 7.85. The van der Waals surface area contributed by atoms with Gasteiger partial charge in [-0.1, -0.05) is 26.7 Å². The molecule has 1 heterocycles. The first kappa shape index (κ1) is 12.1. The van der Waals surface area contributed by atoms with Gasteiger partial charge in [0, 0.05) is 10.9 Å². The quantitative estimate of drug-likeness (QED) is 0.751. The summed E-state index contributed by atoms with van der Waals surface area (Å²) >= 11 is 1.93. The van der Waals surface area contributed by atoms with Crippen LogP contribution < -0.4 is 5.32 Å². The molecule has 0 bridgehead atoms. The molecule has 1 unspecified atom stereocenters. The van der Waals surface area contributed by atoms with Crippen LogP contribution in [0.15, 0.2) is 11.4 Å². The summed E-state index contributed by atoms with van der Waals surface area (Å²) in [4.78, 5) is 1.59. The van der Waals surface area contributed by atoms with Crippen molar-refractivity contribution in [3.63, 3.8) is 0 Å². The third kappa shape index (κ3) is 3.08. The van der Waals surface area contributed by atoms with Crippen LogP contribution in [0.3, 0.4) is 0 Å². The average molecular weight is 237 g/mol. The summed E-state index contributed by atoms with van der Waals surface area (Å²) in [6, 6.07) is 2.90. The maximum absolute atomic E-state index is 3.65. The highest BCUT2D eigenvalue weighted by Gasteiger charge is 2.23. The van der Waals surface area contributed by atoms with Crippen molar-refractivity contribution in [2.24, 2.45) is 5.92 Å². The van der Waals surface area contributed by atoms with E-state index < -0.39 is 0 Å². The van der Waals surface area contributed by atoms with Crippen molar-refractivity contribution in [2.45, 2.75) is 52.0 Å². The Morgan fingerprint density at radius 3 is 2.88 bits per heavy atom. The molecular formula is C14H23NS. The Morgan fingerprint density at radius 1 is 1.44 bits per heavy atom. The molecule has 1 N–H and O–H groups in total. The van der Waals surface area contributed by atoms with E-state index in [1.165, 1.54) is 32.1 Å². The van der Waals surface area contributed by atoms with Gasteiger partial charge in [-0.15, -0.1) is 11.3 Å². The van der Waals surface area contributed by atoms with Gasteiger partial charge in [0.1, 0.15) is 0 Å². The van der Waals surface area contributed by atoms with Gasteiger partial charge in [-0.3, -0.25) is 0 Å². The van der Waals surface area contributed by atoms with Crippen molar-refractivity contribution in [3.05, 3.63) is 21.9 Å². The third-order valence-corrected chi connectivity index (χ3v) is 4.56. The molecule has 0 amide bonds. The standard InChI is InChI=1S/C14H23NS/c1-3-12-9-10-16-14(12)13(15-4-2)8-7-11-5-6-11/h9-11,13,15H,3-8H2,1-2H3. The van der Waals surface area contributed by atoms with E-state index in [1.54, 1.807) is 10.4 Å². The van der Waals surface area contributed by atoms with Crippen LogP contribution in [0.2, 0.25) is 0 Å². The summed E-state index contributed by atoms with van der Waals surface area (Å²) in [5, 5.41) is 5.90. The highest BCUT2D eigenvalue weighted by molar-refractivity contribution is 7.10. The molecule has 0 aliphatic heterocycles. The largest absolute Gasteiger partial charge is 0.310 e. The molecular weight excluding hydrogens is 214 g/mol. The number of hydrogen-bond acceptors (Lipinski definition) is 2. The molecule has 1 aliphatic rings. The second-order valence-corrected chi connectivity index (χ2v) is 5.74. The molecule has 16 heavy (non-hydrogen) atoms. The second kappa shape index (κ2) is 5.83. The lowest BCUT2D eigenvalue weighted by atomic mass is 10.0. The van der Waals surface area contributed by atoms with Crippen LogP contribution in [0.5, 0.6) is 0 Å². The third-order valence-electron chi connectivity index (χ3n) is 3.49. The van der Waals surface area contributed by atoms with Crippen molar-refractivity contribution < 1.29 is 0 Å². The van der Waals surface area contributed by atoms with Gasteiger partial charge < -0.3 is 5.32 Å². The second-order valence-electron chi connectivity index (χ2n) is 4.79. The van der Waals surface area contributed by atoms with E-state index in [-0.39, 0.29) is 0 Å². The fourth-order valence-electron chi connectivity index (χ4n) is 2.33. The summed E-state index contributed by atoms with van der Waals surface area (Å²) in [6.07, 6.45) is 6.86. The summed E-state index contributed by atoms with van der Waals surface area (Å²) in [5.41, 5.74) is 1.55. The SMILES string of the molecule is CCNC(CCC1CC1)c1sccc1CC. The monoisotopic (exact) mass is 237 g/mol. The molecule has 0 aromatic carbocycles. The Morgan fingerprint density at radius 2 is 2.25 bits per heavy atom. The van der Waals surface area contributed by atoms with Crippen LogP contribution in [-0.4, -0.2) is 6.54 Å². The van der Waals surface area contributed by atoms with Crippen molar-refractivity contribution >= 4 is 11.3 Å². The lowest BCUT2D eigenvalue weighted by Crippen LogP contribution is -2.21. The van der Waals surface area contributed by atoms with Crippen molar-refractivity contribution in [2.75, 3.05) is 6.54 Å². The summed E-state index contributed by atoms with van der Waals surface area (Å²) < 4.78 is 0. The van der Waals surface area contributed by atoms with Crippen molar-refractivity contribution in [1.29, 1.82) is 0 Å². The van der Waals surface area contributed by atoms with Gasteiger partial charge in [-0.05, 0) is 48.7 Å². The first-order valence-corrected chi connectivity index (χ1v) is 7.52. The van der Waals surface area contributed by atoms with E-state index in [0.717, 1.165) is 12.5 Å². The fraction of sp³-hybridized carbons (Fsp3) is 0.714. The molecule has 2 heteroatoms. The molecule has 90 valence electrons. The normalized spacial score (nSPS) is 17.6. The van der Waals surface area contributed by atoms with E-state index in [4.69, 9.17) is 0 Å². The molecule has 1 nitrogen and oxygen atoms in total. The van der Waals surface area contributed by atoms with Crippen molar-refractivity contribution in [1.82, 2.24) is 5.32 Å². The zero-order valence-corrected chi connectivity index (χ0v) is 11.3. The van der Waals surface area contributed by atoms with Crippen LogP contribution in [-0.2, 0) is 6.42 Å². The van der Waals surface area contributed by atoms with Gasteiger partial charge in [0.2, 0.25) is 0 Å². The predicted octanol–water partition coefficient (Wildman–Crippen LogP) is 4.15. The number of hydrogen-bond donors (Lipinski definition) is 1. The predicted molar refractivity (Wildman–Crippen MR) is 72.1 cm³/mol.